The first-order chi connectivity index (χ1) is 9.51. The second kappa shape index (κ2) is 5.46. The lowest BCUT2D eigenvalue weighted by molar-refractivity contribution is -0.384. The van der Waals surface area contributed by atoms with E-state index in [-0.39, 0.29) is 23.8 Å². The van der Waals surface area contributed by atoms with E-state index in [0.29, 0.717) is 5.69 Å². The van der Waals surface area contributed by atoms with Gasteiger partial charge in [0.25, 0.3) is 11.6 Å². The van der Waals surface area contributed by atoms with Crippen LogP contribution < -0.4 is 10.6 Å². The molecule has 0 bridgehead atoms. The molecule has 1 saturated carbocycles. The van der Waals surface area contributed by atoms with Gasteiger partial charge in [-0.3, -0.25) is 14.9 Å². The van der Waals surface area contributed by atoms with Crippen LogP contribution in [0.25, 0.3) is 0 Å². The molecule has 0 heterocycles. The van der Waals surface area contributed by atoms with Gasteiger partial charge in [-0.05, 0) is 31.4 Å². The summed E-state index contributed by atoms with van der Waals surface area (Å²) in [4.78, 5) is 22.1. The minimum atomic E-state index is -0.529. The maximum absolute atomic E-state index is 11.5. The van der Waals surface area contributed by atoms with Gasteiger partial charge in [0.2, 0.25) is 0 Å². The zero-order chi connectivity index (χ0) is 14.8. The van der Waals surface area contributed by atoms with Crippen LogP contribution in [0.1, 0.15) is 29.6 Å². The number of nitro benzene ring substituents is 1. The molecule has 108 valence electrons. The molecule has 1 aromatic rings. The summed E-state index contributed by atoms with van der Waals surface area (Å²) in [6, 6.07) is 4.28. The maximum Gasteiger partial charge on any atom is 0.293 e. The van der Waals surface area contributed by atoms with Crippen molar-refractivity contribution in [1.29, 1.82) is 0 Å². The lowest BCUT2D eigenvalue weighted by Crippen LogP contribution is -2.48. The Morgan fingerprint density at radius 2 is 2.20 bits per heavy atom. The summed E-state index contributed by atoms with van der Waals surface area (Å²) >= 11 is 0. The fraction of sp³-hybridized carbons (Fsp3) is 0.462. The third-order valence-electron chi connectivity index (χ3n) is 3.70. The number of carbonyl (C=O) groups excluding carboxylic acids is 1. The van der Waals surface area contributed by atoms with E-state index in [4.69, 9.17) is 0 Å². The van der Waals surface area contributed by atoms with Crippen molar-refractivity contribution in [3.05, 3.63) is 33.9 Å². The number of nitrogens with one attached hydrogen (secondary N) is 2. The van der Waals surface area contributed by atoms with E-state index >= 15 is 0 Å². The van der Waals surface area contributed by atoms with Crippen LogP contribution in [0.3, 0.4) is 0 Å². The van der Waals surface area contributed by atoms with E-state index in [2.05, 4.69) is 10.6 Å². The Kier molecular flexibility index (Phi) is 3.89. The molecule has 0 aromatic heterocycles. The second-order valence-corrected chi connectivity index (χ2v) is 4.99. The van der Waals surface area contributed by atoms with Crippen LogP contribution in [0, 0.1) is 10.1 Å². The summed E-state index contributed by atoms with van der Waals surface area (Å²) in [7, 11) is 1.47. The summed E-state index contributed by atoms with van der Waals surface area (Å²) < 4.78 is 0. The summed E-state index contributed by atoms with van der Waals surface area (Å²) in [6.45, 7) is -0.0681. The van der Waals surface area contributed by atoms with Crippen molar-refractivity contribution in [1.82, 2.24) is 5.32 Å². The highest BCUT2D eigenvalue weighted by molar-refractivity contribution is 5.95. The van der Waals surface area contributed by atoms with Crippen molar-refractivity contribution in [2.75, 3.05) is 19.0 Å². The molecule has 1 aliphatic rings. The predicted octanol–water partition coefficient (Wildman–Crippen LogP) is 1.28. The molecule has 1 aromatic carbocycles. The number of hydrogen-bond acceptors (Lipinski definition) is 5. The van der Waals surface area contributed by atoms with Crippen LogP contribution in [-0.2, 0) is 0 Å². The smallest absolute Gasteiger partial charge is 0.293 e. The third-order valence-corrected chi connectivity index (χ3v) is 3.70. The number of amides is 1. The molecule has 7 nitrogen and oxygen atoms in total. The third kappa shape index (κ3) is 2.57. The number of nitrogens with zero attached hydrogens (tertiary/aromatic N) is 1. The lowest BCUT2D eigenvalue weighted by atomic mass is 9.77. The molecule has 3 N–H and O–H groups in total. The Balaban J connectivity index is 2.33. The van der Waals surface area contributed by atoms with Crippen molar-refractivity contribution in [2.24, 2.45) is 0 Å². The Bertz CT molecular complexity index is 535. The number of hydrogen-bond donors (Lipinski definition) is 3. The quantitative estimate of drug-likeness (QED) is 0.556. The zero-order valence-electron chi connectivity index (χ0n) is 11.2. The Labute approximate surface area is 116 Å². The van der Waals surface area contributed by atoms with E-state index < -0.39 is 10.5 Å². The fourth-order valence-corrected chi connectivity index (χ4v) is 2.29. The topological polar surface area (TPSA) is 104 Å². The summed E-state index contributed by atoms with van der Waals surface area (Å²) in [6.07, 6.45) is 2.54. The van der Waals surface area contributed by atoms with Gasteiger partial charge >= 0.3 is 0 Å². The Morgan fingerprint density at radius 1 is 1.50 bits per heavy atom. The van der Waals surface area contributed by atoms with Crippen LogP contribution in [0.2, 0.25) is 0 Å². The monoisotopic (exact) mass is 279 g/mol. The highest BCUT2D eigenvalue weighted by Crippen LogP contribution is 2.37. The van der Waals surface area contributed by atoms with Gasteiger partial charge in [-0.15, -0.1) is 0 Å². The second-order valence-electron chi connectivity index (χ2n) is 4.99. The van der Waals surface area contributed by atoms with Crippen molar-refractivity contribution in [3.8, 4) is 0 Å². The number of aliphatic hydroxyl groups excluding tert-OH is 1. The lowest BCUT2D eigenvalue weighted by Gasteiger charge is -2.41. The molecule has 1 amide bonds. The van der Waals surface area contributed by atoms with Gasteiger partial charge in [0.1, 0.15) is 5.69 Å². The average molecular weight is 279 g/mol. The van der Waals surface area contributed by atoms with E-state index in [1.165, 1.54) is 25.2 Å². The SMILES string of the molecule is CNC(=O)c1ccc(NC2(CO)CCC2)c([N+](=O)[O-])c1. The van der Waals surface area contributed by atoms with Crippen molar-refractivity contribution in [2.45, 2.75) is 24.8 Å². The highest BCUT2D eigenvalue weighted by atomic mass is 16.6. The molecule has 0 unspecified atom stereocenters. The summed E-state index contributed by atoms with van der Waals surface area (Å²) in [5, 5.41) is 26.0. The predicted molar refractivity (Wildman–Crippen MR) is 73.8 cm³/mol. The van der Waals surface area contributed by atoms with Gasteiger partial charge in [-0.1, -0.05) is 0 Å². The van der Waals surface area contributed by atoms with Gasteiger partial charge in [-0.25, -0.2) is 0 Å². The van der Waals surface area contributed by atoms with Gasteiger partial charge in [0.15, 0.2) is 0 Å². The van der Waals surface area contributed by atoms with E-state index in [1.807, 2.05) is 0 Å². The number of aliphatic hydroxyl groups is 1. The van der Waals surface area contributed by atoms with Crippen molar-refractivity contribution in [3.63, 3.8) is 0 Å². The van der Waals surface area contributed by atoms with E-state index in [0.717, 1.165) is 19.3 Å². The molecule has 0 radical (unpaired) electrons. The summed E-state index contributed by atoms with van der Waals surface area (Å²) in [5.41, 5.74) is -0.0714. The van der Waals surface area contributed by atoms with Gasteiger partial charge in [0.05, 0.1) is 17.1 Å². The molecule has 0 atom stereocenters. The minimum absolute atomic E-state index is 0.0681. The Hall–Kier alpha value is -2.15. The number of nitro groups is 1. The van der Waals surface area contributed by atoms with Crippen LogP contribution in [-0.4, -0.2) is 35.1 Å². The number of anilines is 1. The normalized spacial score (nSPS) is 16.1. The molecule has 1 aliphatic carbocycles. The van der Waals surface area contributed by atoms with Crippen LogP contribution >= 0.6 is 0 Å². The first-order valence-electron chi connectivity index (χ1n) is 6.41. The Morgan fingerprint density at radius 3 is 2.65 bits per heavy atom. The molecular formula is C13H17N3O4. The molecule has 0 aliphatic heterocycles. The maximum atomic E-state index is 11.5. The van der Waals surface area contributed by atoms with E-state index in [9.17, 15) is 20.0 Å². The molecule has 0 spiro atoms. The molecule has 7 heteroatoms. The minimum Gasteiger partial charge on any atom is -0.394 e. The largest absolute Gasteiger partial charge is 0.394 e. The first kappa shape index (κ1) is 14.3. The number of benzene rings is 1. The fourth-order valence-electron chi connectivity index (χ4n) is 2.29. The molecular weight excluding hydrogens is 262 g/mol. The van der Waals surface area contributed by atoms with Gasteiger partial charge in [0, 0.05) is 18.7 Å². The summed E-state index contributed by atoms with van der Waals surface area (Å²) in [5.74, 6) is -0.375. The van der Waals surface area contributed by atoms with Crippen molar-refractivity contribution < 1.29 is 14.8 Å². The number of carbonyl (C=O) groups is 1. The average Bonchev–Trinajstić information content (AvgIpc) is 2.41. The molecule has 1 fully saturated rings. The van der Waals surface area contributed by atoms with Crippen LogP contribution in [0.4, 0.5) is 11.4 Å². The van der Waals surface area contributed by atoms with Gasteiger partial charge in [-0.2, -0.15) is 0 Å². The molecule has 20 heavy (non-hydrogen) atoms. The first-order valence-corrected chi connectivity index (χ1v) is 6.41. The van der Waals surface area contributed by atoms with Crippen molar-refractivity contribution >= 4 is 17.3 Å². The van der Waals surface area contributed by atoms with E-state index in [1.54, 1.807) is 0 Å². The van der Waals surface area contributed by atoms with Gasteiger partial charge < -0.3 is 15.7 Å². The number of rotatable bonds is 5. The van der Waals surface area contributed by atoms with Crippen LogP contribution in [0.5, 0.6) is 0 Å². The zero-order valence-corrected chi connectivity index (χ0v) is 11.2. The standard InChI is InChI=1S/C13H17N3O4/c1-14-12(18)9-3-4-10(11(7-9)16(19)20)15-13(8-17)5-2-6-13/h3-4,7,15,17H,2,5-6,8H2,1H3,(H,14,18). The molecule has 0 saturated heterocycles. The van der Waals surface area contributed by atoms with Crippen LogP contribution in [0.15, 0.2) is 18.2 Å². The highest BCUT2D eigenvalue weighted by Gasteiger charge is 2.37. The molecule has 2 rings (SSSR count).